The third kappa shape index (κ3) is 7.28. The van der Waals surface area contributed by atoms with Gasteiger partial charge in [-0.3, -0.25) is 4.79 Å². The predicted molar refractivity (Wildman–Crippen MR) is 81.3 cm³/mol. The molecule has 0 aliphatic carbocycles. The molecule has 0 spiro atoms. The van der Waals surface area contributed by atoms with Crippen molar-refractivity contribution in [1.82, 2.24) is 5.32 Å². The number of sulfone groups is 1. The Morgan fingerprint density at radius 2 is 1.85 bits per heavy atom. The number of nitrogens with one attached hydrogen (secondary N) is 1. The average molecular weight is 297 g/mol. The number of benzene rings is 1. The van der Waals surface area contributed by atoms with Crippen LogP contribution >= 0.6 is 0 Å². The second-order valence-corrected chi connectivity index (χ2v) is 7.07. The van der Waals surface area contributed by atoms with Gasteiger partial charge in [0, 0.05) is 6.54 Å². The van der Waals surface area contributed by atoms with Crippen molar-refractivity contribution >= 4 is 15.7 Å². The molecule has 0 saturated carbocycles. The Morgan fingerprint density at radius 1 is 1.15 bits per heavy atom. The van der Waals surface area contributed by atoms with E-state index in [1.165, 1.54) is 0 Å². The number of unbranched alkanes of at least 4 members (excludes halogenated alkanes) is 1. The highest BCUT2D eigenvalue weighted by Crippen LogP contribution is 2.04. The van der Waals surface area contributed by atoms with Gasteiger partial charge >= 0.3 is 0 Å². The molecule has 0 aromatic heterocycles. The van der Waals surface area contributed by atoms with Crippen molar-refractivity contribution < 1.29 is 13.2 Å². The monoisotopic (exact) mass is 297 g/mol. The van der Waals surface area contributed by atoms with Gasteiger partial charge < -0.3 is 5.32 Å². The quantitative estimate of drug-likeness (QED) is 0.709. The van der Waals surface area contributed by atoms with E-state index >= 15 is 0 Å². The van der Waals surface area contributed by atoms with E-state index in [4.69, 9.17) is 0 Å². The molecule has 20 heavy (non-hydrogen) atoms. The van der Waals surface area contributed by atoms with Crippen LogP contribution in [0.15, 0.2) is 30.3 Å². The first kappa shape index (κ1) is 16.7. The van der Waals surface area contributed by atoms with Crippen LogP contribution in [-0.4, -0.2) is 32.4 Å². The Bertz CT molecular complexity index is 497. The van der Waals surface area contributed by atoms with E-state index in [0.29, 0.717) is 13.0 Å². The average Bonchev–Trinajstić information content (AvgIpc) is 2.39. The van der Waals surface area contributed by atoms with E-state index < -0.39 is 21.5 Å². The highest BCUT2D eigenvalue weighted by molar-refractivity contribution is 7.92. The molecule has 1 aromatic carbocycles. The van der Waals surface area contributed by atoms with Crippen LogP contribution in [0.3, 0.4) is 0 Å². The number of rotatable bonds is 9. The maximum Gasteiger partial charge on any atom is 0.235 e. The summed E-state index contributed by atoms with van der Waals surface area (Å²) in [5.41, 5.74) is 1.12. The number of amides is 1. The Hall–Kier alpha value is -1.36. The summed E-state index contributed by atoms with van der Waals surface area (Å²) in [5, 5.41) is 2.63. The summed E-state index contributed by atoms with van der Waals surface area (Å²) in [6, 6.07) is 9.76. The molecule has 0 aliphatic heterocycles. The highest BCUT2D eigenvalue weighted by Gasteiger charge is 2.15. The second kappa shape index (κ2) is 8.74. The lowest BCUT2D eigenvalue weighted by molar-refractivity contribution is -0.118. The van der Waals surface area contributed by atoms with Gasteiger partial charge in [0.05, 0.1) is 5.75 Å². The van der Waals surface area contributed by atoms with Gasteiger partial charge in [-0.15, -0.1) is 0 Å². The summed E-state index contributed by atoms with van der Waals surface area (Å²) in [6.07, 6.45) is 3.12. The first-order valence-electron chi connectivity index (χ1n) is 7.04. The maximum atomic E-state index is 11.8. The molecule has 0 bridgehead atoms. The van der Waals surface area contributed by atoms with Crippen LogP contribution in [-0.2, 0) is 21.1 Å². The second-order valence-electron chi connectivity index (χ2n) is 4.88. The molecule has 1 rings (SSSR count). The molecule has 1 N–H and O–H groups in total. The fourth-order valence-corrected chi connectivity index (χ4v) is 3.10. The minimum Gasteiger partial charge on any atom is -0.355 e. The molecular formula is C15H23NO3S. The number of carbonyl (C=O) groups excluding carboxylic acids is 1. The number of hydrogen-bond donors (Lipinski definition) is 1. The van der Waals surface area contributed by atoms with E-state index in [9.17, 15) is 13.2 Å². The Kier molecular flexibility index (Phi) is 7.30. The molecule has 0 fully saturated rings. The van der Waals surface area contributed by atoms with Crippen molar-refractivity contribution in [3.05, 3.63) is 35.9 Å². The predicted octanol–water partition coefficient (Wildman–Crippen LogP) is 1.95. The summed E-state index contributed by atoms with van der Waals surface area (Å²) in [5.74, 6) is -0.729. The summed E-state index contributed by atoms with van der Waals surface area (Å²) >= 11 is 0. The zero-order chi connectivity index (χ0) is 14.8. The lowest BCUT2D eigenvalue weighted by Crippen LogP contribution is -2.32. The van der Waals surface area contributed by atoms with E-state index in [2.05, 4.69) is 5.32 Å². The van der Waals surface area contributed by atoms with Gasteiger partial charge in [0.1, 0.15) is 5.75 Å². The lowest BCUT2D eigenvalue weighted by atomic mass is 10.1. The van der Waals surface area contributed by atoms with E-state index in [1.54, 1.807) is 0 Å². The molecule has 0 unspecified atom stereocenters. The Labute approximate surface area is 121 Å². The van der Waals surface area contributed by atoms with Crippen LogP contribution < -0.4 is 5.32 Å². The Balaban J connectivity index is 2.29. The zero-order valence-corrected chi connectivity index (χ0v) is 12.8. The fraction of sp³-hybridized carbons (Fsp3) is 0.533. The summed E-state index contributed by atoms with van der Waals surface area (Å²) < 4.78 is 23.6. The van der Waals surface area contributed by atoms with Crippen molar-refractivity contribution in [3.63, 3.8) is 0 Å². The van der Waals surface area contributed by atoms with Gasteiger partial charge in [0.2, 0.25) is 5.91 Å². The van der Waals surface area contributed by atoms with Gasteiger partial charge in [-0.1, -0.05) is 43.7 Å². The molecule has 0 aliphatic rings. The van der Waals surface area contributed by atoms with Crippen LogP contribution in [0.4, 0.5) is 0 Å². The first-order chi connectivity index (χ1) is 9.53. The van der Waals surface area contributed by atoms with Crippen LogP contribution in [0.25, 0.3) is 0 Å². The van der Waals surface area contributed by atoms with E-state index in [1.807, 2.05) is 37.3 Å². The summed E-state index contributed by atoms with van der Waals surface area (Å²) in [6.45, 7) is 2.57. The zero-order valence-electron chi connectivity index (χ0n) is 12.0. The maximum absolute atomic E-state index is 11.8. The number of hydrogen-bond acceptors (Lipinski definition) is 3. The van der Waals surface area contributed by atoms with Crippen LogP contribution in [0.5, 0.6) is 0 Å². The molecule has 4 nitrogen and oxygen atoms in total. The molecule has 0 atom stereocenters. The third-order valence-electron chi connectivity index (χ3n) is 2.97. The number of aryl methyl sites for hydroxylation is 1. The van der Waals surface area contributed by atoms with Crippen molar-refractivity contribution in [2.75, 3.05) is 18.1 Å². The minimum absolute atomic E-state index is 0.0586. The molecule has 0 heterocycles. The van der Waals surface area contributed by atoms with Crippen molar-refractivity contribution in [3.8, 4) is 0 Å². The lowest BCUT2D eigenvalue weighted by Gasteiger charge is -2.06. The van der Waals surface area contributed by atoms with Crippen molar-refractivity contribution in [2.45, 2.75) is 32.6 Å². The largest absolute Gasteiger partial charge is 0.355 e. The van der Waals surface area contributed by atoms with Crippen LogP contribution in [0.1, 0.15) is 31.7 Å². The topological polar surface area (TPSA) is 63.2 Å². The van der Waals surface area contributed by atoms with Gasteiger partial charge in [-0.2, -0.15) is 0 Å². The Morgan fingerprint density at radius 3 is 2.50 bits per heavy atom. The van der Waals surface area contributed by atoms with Gasteiger partial charge in [0.15, 0.2) is 9.84 Å². The fourth-order valence-electron chi connectivity index (χ4n) is 1.87. The molecule has 0 radical (unpaired) electrons. The minimum atomic E-state index is -3.30. The van der Waals surface area contributed by atoms with Crippen LogP contribution in [0.2, 0.25) is 0 Å². The summed E-state index contributed by atoms with van der Waals surface area (Å²) in [7, 11) is -3.30. The normalized spacial score (nSPS) is 11.2. The van der Waals surface area contributed by atoms with E-state index in [-0.39, 0.29) is 5.75 Å². The van der Waals surface area contributed by atoms with Gasteiger partial charge in [0.25, 0.3) is 0 Å². The van der Waals surface area contributed by atoms with Gasteiger partial charge in [-0.05, 0) is 24.8 Å². The SMILES string of the molecule is CCCCNC(=O)CS(=O)(=O)CCCc1ccccc1. The highest BCUT2D eigenvalue weighted by atomic mass is 32.2. The van der Waals surface area contributed by atoms with Gasteiger partial charge in [-0.25, -0.2) is 8.42 Å². The van der Waals surface area contributed by atoms with Crippen molar-refractivity contribution in [1.29, 1.82) is 0 Å². The molecule has 0 saturated heterocycles. The molecule has 112 valence electrons. The third-order valence-corrected chi connectivity index (χ3v) is 4.58. The van der Waals surface area contributed by atoms with Crippen molar-refractivity contribution in [2.24, 2.45) is 0 Å². The smallest absolute Gasteiger partial charge is 0.235 e. The number of carbonyl (C=O) groups is 1. The molecular weight excluding hydrogens is 274 g/mol. The van der Waals surface area contributed by atoms with Crippen LogP contribution in [0, 0.1) is 0 Å². The molecule has 5 heteroatoms. The molecule has 1 amide bonds. The molecule has 1 aromatic rings. The van der Waals surface area contributed by atoms with E-state index in [0.717, 1.165) is 24.8 Å². The standard InChI is InChI=1S/C15H23NO3S/c1-2-3-11-16-15(17)13-20(18,19)12-7-10-14-8-5-4-6-9-14/h4-6,8-9H,2-3,7,10-13H2,1H3,(H,16,17). The summed E-state index contributed by atoms with van der Waals surface area (Å²) in [4.78, 5) is 11.5. The first-order valence-corrected chi connectivity index (χ1v) is 8.86.